The maximum atomic E-state index is 6.10. The van der Waals surface area contributed by atoms with Crippen molar-refractivity contribution in [1.29, 1.82) is 0 Å². The summed E-state index contributed by atoms with van der Waals surface area (Å²) in [4.78, 5) is 0. The molecule has 0 bridgehead atoms. The van der Waals surface area contributed by atoms with E-state index in [1.54, 1.807) is 13.4 Å². The number of hydrogen-bond donors (Lipinski definition) is 1. The molecule has 4 nitrogen and oxygen atoms in total. The summed E-state index contributed by atoms with van der Waals surface area (Å²) >= 11 is 0. The highest BCUT2D eigenvalue weighted by atomic mass is 16.5. The van der Waals surface area contributed by atoms with Crippen LogP contribution < -0.4 is 15.2 Å². The second kappa shape index (κ2) is 6.29. The highest BCUT2D eigenvalue weighted by molar-refractivity contribution is 5.43. The lowest BCUT2D eigenvalue weighted by molar-refractivity contribution is 0.310. The molecule has 2 rings (SSSR count). The lowest BCUT2D eigenvalue weighted by atomic mass is 10.0. The maximum Gasteiger partial charge on any atom is 0.161 e. The van der Waals surface area contributed by atoms with Gasteiger partial charge in [0.1, 0.15) is 5.76 Å². The minimum atomic E-state index is -0.155. The molecule has 19 heavy (non-hydrogen) atoms. The first-order valence-electron chi connectivity index (χ1n) is 6.33. The Hall–Kier alpha value is -1.94. The van der Waals surface area contributed by atoms with Crippen LogP contribution >= 0.6 is 0 Å². The van der Waals surface area contributed by atoms with Crippen LogP contribution in [0, 0.1) is 0 Å². The van der Waals surface area contributed by atoms with Gasteiger partial charge in [-0.1, -0.05) is 6.07 Å². The molecule has 1 heterocycles. The van der Waals surface area contributed by atoms with Gasteiger partial charge in [0.05, 0.1) is 26.0 Å². The van der Waals surface area contributed by atoms with Crippen molar-refractivity contribution >= 4 is 0 Å². The second-order valence-corrected chi connectivity index (χ2v) is 4.24. The summed E-state index contributed by atoms with van der Waals surface area (Å²) in [5.74, 6) is 2.26. The Morgan fingerprint density at radius 1 is 1.26 bits per heavy atom. The third kappa shape index (κ3) is 3.29. The van der Waals surface area contributed by atoms with Crippen molar-refractivity contribution in [2.75, 3.05) is 13.7 Å². The zero-order chi connectivity index (χ0) is 13.7. The molecule has 2 N–H and O–H groups in total. The molecule has 0 saturated heterocycles. The number of methoxy groups -OCH3 is 1. The molecule has 0 saturated carbocycles. The molecular formula is C15H19NO3. The number of benzene rings is 1. The van der Waals surface area contributed by atoms with Gasteiger partial charge in [-0.15, -0.1) is 0 Å². The van der Waals surface area contributed by atoms with Gasteiger partial charge < -0.3 is 19.6 Å². The van der Waals surface area contributed by atoms with E-state index in [1.807, 2.05) is 37.3 Å². The minimum absolute atomic E-state index is 0.155. The van der Waals surface area contributed by atoms with Gasteiger partial charge >= 0.3 is 0 Å². The van der Waals surface area contributed by atoms with Gasteiger partial charge in [-0.05, 0) is 43.2 Å². The first-order valence-corrected chi connectivity index (χ1v) is 6.33. The first-order chi connectivity index (χ1) is 9.24. The van der Waals surface area contributed by atoms with E-state index in [1.165, 1.54) is 0 Å². The van der Waals surface area contributed by atoms with Crippen molar-refractivity contribution in [3.63, 3.8) is 0 Å². The Balaban J connectivity index is 2.14. The Morgan fingerprint density at radius 2 is 2.11 bits per heavy atom. The molecule has 4 heteroatoms. The van der Waals surface area contributed by atoms with Crippen LogP contribution in [0.1, 0.15) is 24.3 Å². The monoisotopic (exact) mass is 261 g/mol. The molecule has 0 spiro atoms. The zero-order valence-corrected chi connectivity index (χ0v) is 11.3. The highest BCUT2D eigenvalue weighted by Gasteiger charge is 2.12. The fraction of sp³-hybridized carbons (Fsp3) is 0.333. The maximum absolute atomic E-state index is 6.10. The van der Waals surface area contributed by atoms with Crippen molar-refractivity contribution in [1.82, 2.24) is 0 Å². The Kier molecular flexibility index (Phi) is 4.47. The van der Waals surface area contributed by atoms with E-state index in [2.05, 4.69) is 0 Å². The number of nitrogens with two attached hydrogens (primary N) is 1. The van der Waals surface area contributed by atoms with E-state index in [0.29, 0.717) is 13.0 Å². The van der Waals surface area contributed by atoms with Crippen LogP contribution in [0.25, 0.3) is 0 Å². The largest absolute Gasteiger partial charge is 0.493 e. The van der Waals surface area contributed by atoms with Crippen molar-refractivity contribution in [2.45, 2.75) is 19.4 Å². The molecule has 1 aromatic carbocycles. The SMILES string of the molecule is CCOc1cc(CC(N)c2ccco2)ccc1OC. The van der Waals surface area contributed by atoms with E-state index >= 15 is 0 Å². The van der Waals surface area contributed by atoms with Crippen LogP contribution in [0.5, 0.6) is 11.5 Å². The Morgan fingerprint density at radius 3 is 2.74 bits per heavy atom. The molecule has 0 radical (unpaired) electrons. The normalized spacial score (nSPS) is 12.2. The summed E-state index contributed by atoms with van der Waals surface area (Å²) in [6.45, 7) is 2.55. The van der Waals surface area contributed by atoms with Crippen LogP contribution in [0.15, 0.2) is 41.0 Å². The fourth-order valence-corrected chi connectivity index (χ4v) is 1.97. The van der Waals surface area contributed by atoms with E-state index in [0.717, 1.165) is 22.8 Å². The summed E-state index contributed by atoms with van der Waals surface area (Å²) in [6, 6.07) is 9.43. The molecule has 0 fully saturated rings. The number of hydrogen-bond acceptors (Lipinski definition) is 4. The molecule has 0 amide bonds. The number of ether oxygens (including phenoxy) is 2. The van der Waals surface area contributed by atoms with Crippen LogP contribution in [0.4, 0.5) is 0 Å². The number of furan rings is 1. The third-order valence-corrected chi connectivity index (χ3v) is 2.89. The first kappa shape index (κ1) is 13.5. The summed E-state index contributed by atoms with van der Waals surface area (Å²) in [5, 5.41) is 0. The van der Waals surface area contributed by atoms with Crippen molar-refractivity contribution < 1.29 is 13.9 Å². The second-order valence-electron chi connectivity index (χ2n) is 4.24. The van der Waals surface area contributed by atoms with E-state index in [4.69, 9.17) is 19.6 Å². The predicted octanol–water partition coefficient (Wildman–Crippen LogP) is 2.93. The summed E-state index contributed by atoms with van der Waals surface area (Å²) in [5.41, 5.74) is 7.19. The third-order valence-electron chi connectivity index (χ3n) is 2.89. The molecule has 0 aliphatic carbocycles. The fourth-order valence-electron chi connectivity index (χ4n) is 1.97. The summed E-state index contributed by atoms with van der Waals surface area (Å²) in [7, 11) is 1.63. The molecule has 102 valence electrons. The lowest BCUT2D eigenvalue weighted by Gasteiger charge is -2.13. The van der Waals surface area contributed by atoms with E-state index in [9.17, 15) is 0 Å². The average Bonchev–Trinajstić information content (AvgIpc) is 2.93. The van der Waals surface area contributed by atoms with Gasteiger partial charge in [-0.3, -0.25) is 0 Å². The van der Waals surface area contributed by atoms with Gasteiger partial charge in [0.2, 0.25) is 0 Å². The Bertz CT molecular complexity index is 508. The van der Waals surface area contributed by atoms with Crippen molar-refractivity contribution in [2.24, 2.45) is 5.73 Å². The van der Waals surface area contributed by atoms with Gasteiger partial charge in [0.25, 0.3) is 0 Å². The number of rotatable bonds is 6. The average molecular weight is 261 g/mol. The molecule has 1 aromatic heterocycles. The van der Waals surface area contributed by atoms with Gasteiger partial charge in [0.15, 0.2) is 11.5 Å². The Labute approximate surface area is 113 Å². The van der Waals surface area contributed by atoms with Crippen LogP contribution in [0.3, 0.4) is 0 Å². The van der Waals surface area contributed by atoms with Crippen LogP contribution in [-0.4, -0.2) is 13.7 Å². The van der Waals surface area contributed by atoms with Crippen LogP contribution in [-0.2, 0) is 6.42 Å². The smallest absolute Gasteiger partial charge is 0.161 e. The molecule has 2 aromatic rings. The minimum Gasteiger partial charge on any atom is -0.493 e. The zero-order valence-electron chi connectivity index (χ0n) is 11.3. The van der Waals surface area contributed by atoms with Crippen molar-refractivity contribution in [3.8, 4) is 11.5 Å². The molecule has 1 unspecified atom stereocenters. The molecule has 0 aliphatic rings. The summed E-state index contributed by atoms with van der Waals surface area (Å²) < 4.78 is 16.1. The molecule has 1 atom stereocenters. The lowest BCUT2D eigenvalue weighted by Crippen LogP contribution is -2.12. The molecular weight excluding hydrogens is 242 g/mol. The van der Waals surface area contributed by atoms with Crippen LogP contribution in [0.2, 0.25) is 0 Å². The quantitative estimate of drug-likeness (QED) is 0.868. The van der Waals surface area contributed by atoms with Gasteiger partial charge in [-0.25, -0.2) is 0 Å². The topological polar surface area (TPSA) is 57.6 Å². The standard InChI is InChI=1S/C15H19NO3/c1-3-18-15-10-11(6-7-14(15)17-2)9-12(16)13-5-4-8-19-13/h4-8,10,12H,3,9,16H2,1-2H3. The van der Waals surface area contributed by atoms with E-state index < -0.39 is 0 Å². The molecule has 0 aliphatic heterocycles. The summed E-state index contributed by atoms with van der Waals surface area (Å²) in [6.07, 6.45) is 2.33. The van der Waals surface area contributed by atoms with Gasteiger partial charge in [0, 0.05) is 0 Å². The van der Waals surface area contributed by atoms with Gasteiger partial charge in [-0.2, -0.15) is 0 Å². The van der Waals surface area contributed by atoms with Crippen molar-refractivity contribution in [3.05, 3.63) is 47.9 Å². The predicted molar refractivity (Wildman–Crippen MR) is 73.5 cm³/mol. The van der Waals surface area contributed by atoms with E-state index in [-0.39, 0.29) is 6.04 Å². The highest BCUT2D eigenvalue weighted by Crippen LogP contribution is 2.29.